The summed E-state index contributed by atoms with van der Waals surface area (Å²) in [7, 11) is 0. The van der Waals surface area contributed by atoms with Crippen molar-refractivity contribution in [2.75, 3.05) is 5.32 Å². The van der Waals surface area contributed by atoms with Crippen LogP contribution in [0.1, 0.15) is 15.9 Å². The second-order valence-corrected chi connectivity index (χ2v) is 5.42. The Kier molecular flexibility index (Phi) is 4.22. The van der Waals surface area contributed by atoms with Gasteiger partial charge in [0.2, 0.25) is 0 Å². The Morgan fingerprint density at radius 1 is 1.26 bits per heavy atom. The summed E-state index contributed by atoms with van der Waals surface area (Å²) in [6.45, 7) is 1.90. The van der Waals surface area contributed by atoms with Crippen LogP contribution in [0.25, 0.3) is 0 Å². The SMILES string of the molecule is Cc1cc(Br)cc(C(=O)Nc2ccc(F)c(Cl)c2)c1. The predicted molar refractivity (Wildman–Crippen MR) is 78.2 cm³/mol. The van der Waals surface area contributed by atoms with E-state index in [4.69, 9.17) is 11.6 Å². The molecule has 0 radical (unpaired) electrons. The quantitative estimate of drug-likeness (QED) is 0.834. The molecule has 1 amide bonds. The van der Waals surface area contributed by atoms with Gasteiger partial charge >= 0.3 is 0 Å². The van der Waals surface area contributed by atoms with Crippen LogP contribution in [0.4, 0.5) is 10.1 Å². The largest absolute Gasteiger partial charge is 0.322 e. The highest BCUT2D eigenvalue weighted by Gasteiger charge is 2.09. The zero-order chi connectivity index (χ0) is 14.0. The van der Waals surface area contributed by atoms with E-state index in [1.807, 2.05) is 13.0 Å². The number of carbonyl (C=O) groups is 1. The lowest BCUT2D eigenvalue weighted by Crippen LogP contribution is -2.12. The fourth-order valence-corrected chi connectivity index (χ4v) is 2.43. The van der Waals surface area contributed by atoms with Crippen molar-refractivity contribution in [2.45, 2.75) is 6.92 Å². The maximum Gasteiger partial charge on any atom is 0.255 e. The summed E-state index contributed by atoms with van der Waals surface area (Å²) in [6, 6.07) is 9.44. The fraction of sp³-hybridized carbons (Fsp3) is 0.0714. The minimum atomic E-state index is -0.516. The van der Waals surface area contributed by atoms with Crippen molar-refractivity contribution in [2.24, 2.45) is 0 Å². The zero-order valence-electron chi connectivity index (χ0n) is 10.0. The summed E-state index contributed by atoms with van der Waals surface area (Å²) in [5, 5.41) is 2.65. The molecule has 0 spiro atoms. The van der Waals surface area contributed by atoms with Gasteiger partial charge in [0.05, 0.1) is 5.02 Å². The van der Waals surface area contributed by atoms with Gasteiger partial charge in [-0.1, -0.05) is 27.5 Å². The van der Waals surface area contributed by atoms with Crippen LogP contribution < -0.4 is 5.32 Å². The first kappa shape index (κ1) is 14.0. The van der Waals surface area contributed by atoms with Crippen molar-refractivity contribution >= 4 is 39.1 Å². The van der Waals surface area contributed by atoms with Crippen LogP contribution in [0.3, 0.4) is 0 Å². The van der Waals surface area contributed by atoms with E-state index in [0.29, 0.717) is 11.3 Å². The molecule has 98 valence electrons. The molecule has 0 atom stereocenters. The average molecular weight is 343 g/mol. The first-order chi connectivity index (χ1) is 8.95. The Hall–Kier alpha value is -1.39. The van der Waals surface area contributed by atoms with Crippen molar-refractivity contribution in [1.82, 2.24) is 0 Å². The van der Waals surface area contributed by atoms with E-state index in [9.17, 15) is 9.18 Å². The van der Waals surface area contributed by atoms with Crippen molar-refractivity contribution < 1.29 is 9.18 Å². The number of rotatable bonds is 2. The number of amides is 1. The molecule has 0 unspecified atom stereocenters. The molecular weight excluding hydrogens is 333 g/mol. The molecule has 2 rings (SSSR count). The molecule has 0 bridgehead atoms. The minimum absolute atomic E-state index is 0.0248. The van der Waals surface area contributed by atoms with Gasteiger partial charge < -0.3 is 5.32 Å². The van der Waals surface area contributed by atoms with Gasteiger partial charge in [-0.05, 0) is 48.9 Å². The second kappa shape index (κ2) is 5.72. The third kappa shape index (κ3) is 3.55. The zero-order valence-corrected chi connectivity index (χ0v) is 12.3. The molecule has 0 heterocycles. The van der Waals surface area contributed by atoms with Crippen molar-refractivity contribution in [3.05, 3.63) is 62.8 Å². The average Bonchev–Trinajstić information content (AvgIpc) is 2.32. The third-order valence-corrected chi connectivity index (χ3v) is 3.23. The van der Waals surface area contributed by atoms with E-state index in [-0.39, 0.29) is 10.9 Å². The lowest BCUT2D eigenvalue weighted by Gasteiger charge is -2.07. The standard InChI is InChI=1S/C14H10BrClFNO/c1-8-4-9(6-10(15)5-8)14(19)18-11-2-3-13(17)12(16)7-11/h2-7H,1H3,(H,18,19). The molecule has 0 saturated heterocycles. The number of hydrogen-bond acceptors (Lipinski definition) is 1. The Balaban J connectivity index is 2.22. The van der Waals surface area contributed by atoms with Crippen molar-refractivity contribution in [3.8, 4) is 0 Å². The van der Waals surface area contributed by atoms with E-state index in [1.54, 1.807) is 12.1 Å². The summed E-state index contributed by atoms with van der Waals surface area (Å²) >= 11 is 9.00. The minimum Gasteiger partial charge on any atom is -0.322 e. The molecule has 2 aromatic rings. The lowest BCUT2D eigenvalue weighted by molar-refractivity contribution is 0.102. The number of benzene rings is 2. The van der Waals surface area contributed by atoms with Gasteiger partial charge in [-0.2, -0.15) is 0 Å². The van der Waals surface area contributed by atoms with E-state index in [1.165, 1.54) is 18.2 Å². The van der Waals surface area contributed by atoms with Gasteiger partial charge in [0.25, 0.3) is 5.91 Å². The summed E-state index contributed by atoms with van der Waals surface area (Å²) in [4.78, 5) is 12.0. The summed E-state index contributed by atoms with van der Waals surface area (Å²) < 4.78 is 13.8. The number of anilines is 1. The number of nitrogens with one attached hydrogen (secondary N) is 1. The molecule has 0 aliphatic rings. The van der Waals surface area contributed by atoms with Crippen LogP contribution in [-0.4, -0.2) is 5.91 Å². The van der Waals surface area contributed by atoms with Crippen molar-refractivity contribution in [1.29, 1.82) is 0 Å². The molecule has 5 heteroatoms. The van der Waals surface area contributed by atoms with Crippen LogP contribution >= 0.6 is 27.5 Å². The molecule has 1 N–H and O–H groups in total. The Bertz CT molecular complexity index is 625. The first-order valence-electron chi connectivity index (χ1n) is 5.49. The second-order valence-electron chi connectivity index (χ2n) is 4.10. The van der Waals surface area contributed by atoms with E-state index < -0.39 is 5.82 Å². The summed E-state index contributed by atoms with van der Waals surface area (Å²) in [5.41, 5.74) is 1.94. The Morgan fingerprint density at radius 2 is 2.00 bits per heavy atom. The highest BCUT2D eigenvalue weighted by molar-refractivity contribution is 9.10. The molecular formula is C14H10BrClFNO. The number of halogens is 3. The summed E-state index contributed by atoms with van der Waals surface area (Å²) in [6.07, 6.45) is 0. The monoisotopic (exact) mass is 341 g/mol. The van der Waals surface area contributed by atoms with Gasteiger partial charge in [-0.15, -0.1) is 0 Å². The van der Waals surface area contributed by atoms with Crippen molar-refractivity contribution in [3.63, 3.8) is 0 Å². The van der Waals surface area contributed by atoms with Gasteiger partial charge in [-0.25, -0.2) is 4.39 Å². The van der Waals surface area contributed by atoms with Gasteiger partial charge in [-0.3, -0.25) is 4.79 Å². The van der Waals surface area contributed by atoms with Crippen LogP contribution in [-0.2, 0) is 0 Å². The van der Waals surface area contributed by atoms with Gasteiger partial charge in [0.15, 0.2) is 0 Å². The lowest BCUT2D eigenvalue weighted by atomic mass is 10.1. The van der Waals surface area contributed by atoms with E-state index >= 15 is 0 Å². The molecule has 2 nitrogen and oxygen atoms in total. The number of carbonyl (C=O) groups excluding carboxylic acids is 1. The molecule has 0 aliphatic carbocycles. The molecule has 0 saturated carbocycles. The smallest absolute Gasteiger partial charge is 0.255 e. The molecule has 2 aromatic carbocycles. The summed E-state index contributed by atoms with van der Waals surface area (Å²) in [5.74, 6) is -0.787. The normalized spacial score (nSPS) is 10.3. The van der Waals surface area contributed by atoms with Gasteiger partial charge in [0.1, 0.15) is 5.82 Å². The van der Waals surface area contributed by atoms with Crippen LogP contribution in [0.15, 0.2) is 40.9 Å². The van der Waals surface area contributed by atoms with Crippen LogP contribution in [0.2, 0.25) is 5.02 Å². The van der Waals surface area contributed by atoms with Crippen LogP contribution in [0.5, 0.6) is 0 Å². The first-order valence-corrected chi connectivity index (χ1v) is 6.66. The predicted octanol–water partition coefficient (Wildman–Crippen LogP) is 4.80. The van der Waals surface area contributed by atoms with E-state index in [2.05, 4.69) is 21.2 Å². The Labute approximate surface area is 123 Å². The van der Waals surface area contributed by atoms with Crippen LogP contribution in [0, 0.1) is 12.7 Å². The highest BCUT2D eigenvalue weighted by atomic mass is 79.9. The maximum absolute atomic E-state index is 13.0. The van der Waals surface area contributed by atoms with Gasteiger partial charge in [0, 0.05) is 15.7 Å². The maximum atomic E-state index is 13.0. The Morgan fingerprint density at radius 3 is 2.63 bits per heavy atom. The molecule has 0 aliphatic heterocycles. The molecule has 0 aromatic heterocycles. The third-order valence-electron chi connectivity index (χ3n) is 2.48. The molecule has 19 heavy (non-hydrogen) atoms. The van der Waals surface area contributed by atoms with E-state index in [0.717, 1.165) is 10.0 Å². The molecule has 0 fully saturated rings. The topological polar surface area (TPSA) is 29.1 Å². The number of aryl methyl sites for hydroxylation is 1. The fourth-order valence-electron chi connectivity index (χ4n) is 1.64. The number of hydrogen-bond donors (Lipinski definition) is 1. The highest BCUT2D eigenvalue weighted by Crippen LogP contribution is 2.21.